The number of benzene rings is 2. The Morgan fingerprint density at radius 1 is 1.20 bits per heavy atom. The number of hydrogen-bond donors (Lipinski definition) is 1. The minimum atomic E-state index is -0.736. The first-order valence-electron chi connectivity index (χ1n) is 9.63. The second-order valence-corrected chi connectivity index (χ2v) is 8.33. The van der Waals surface area contributed by atoms with Crippen molar-refractivity contribution in [3.05, 3.63) is 63.3 Å². The first-order chi connectivity index (χ1) is 14.2. The molecule has 0 radical (unpaired) electrons. The van der Waals surface area contributed by atoms with Crippen molar-refractivity contribution in [1.29, 1.82) is 0 Å². The lowest BCUT2D eigenvalue weighted by molar-refractivity contribution is -0.142. The highest BCUT2D eigenvalue weighted by Gasteiger charge is 2.27. The molecule has 5 nitrogen and oxygen atoms in total. The summed E-state index contributed by atoms with van der Waals surface area (Å²) in [7, 11) is 0. The fraction of sp³-hybridized carbons (Fsp3) is 0.364. The van der Waals surface area contributed by atoms with Crippen molar-refractivity contribution in [2.45, 2.75) is 45.8 Å². The maximum Gasteiger partial charge on any atom is 0.261 e. The van der Waals surface area contributed by atoms with Crippen LogP contribution in [0.1, 0.15) is 32.8 Å². The van der Waals surface area contributed by atoms with Crippen LogP contribution >= 0.6 is 27.5 Å². The second kappa shape index (κ2) is 11.3. The van der Waals surface area contributed by atoms with Gasteiger partial charge in [-0.2, -0.15) is 0 Å². The molecule has 0 saturated carbocycles. The summed E-state index contributed by atoms with van der Waals surface area (Å²) >= 11 is 9.46. The van der Waals surface area contributed by atoms with Crippen LogP contribution in [0.4, 0.5) is 4.39 Å². The molecular weight excluding hydrogens is 475 g/mol. The van der Waals surface area contributed by atoms with Crippen LogP contribution in [0.5, 0.6) is 5.75 Å². The molecule has 0 aliphatic carbocycles. The maximum atomic E-state index is 13.2. The molecular formula is C22H25BrClFN2O3. The zero-order valence-corrected chi connectivity index (χ0v) is 19.5. The summed E-state index contributed by atoms with van der Waals surface area (Å²) in [5.41, 5.74) is 0.703. The van der Waals surface area contributed by atoms with Gasteiger partial charge in [-0.15, -0.1) is 0 Å². The summed E-state index contributed by atoms with van der Waals surface area (Å²) in [4.78, 5) is 27.0. The third-order valence-electron chi connectivity index (χ3n) is 4.68. The minimum absolute atomic E-state index is 0.0134. The topological polar surface area (TPSA) is 58.6 Å². The highest BCUT2D eigenvalue weighted by molar-refractivity contribution is 9.10. The normalized spacial score (nSPS) is 12.7. The smallest absolute Gasteiger partial charge is 0.261 e. The van der Waals surface area contributed by atoms with E-state index in [1.54, 1.807) is 37.3 Å². The Morgan fingerprint density at radius 2 is 1.87 bits per heavy atom. The van der Waals surface area contributed by atoms with Gasteiger partial charge in [0.25, 0.3) is 5.91 Å². The number of nitrogens with zero attached hydrogens (tertiary/aromatic N) is 1. The molecule has 0 aliphatic rings. The number of hydrogen-bond acceptors (Lipinski definition) is 3. The molecule has 0 unspecified atom stereocenters. The molecule has 2 amide bonds. The summed E-state index contributed by atoms with van der Waals surface area (Å²) in [6, 6.07) is 10.1. The molecule has 0 bridgehead atoms. The van der Waals surface area contributed by atoms with Crippen molar-refractivity contribution >= 4 is 39.3 Å². The number of nitrogens with one attached hydrogen (secondary N) is 1. The summed E-state index contributed by atoms with van der Waals surface area (Å²) in [6.45, 7) is 5.38. The van der Waals surface area contributed by atoms with E-state index in [2.05, 4.69) is 21.2 Å². The van der Waals surface area contributed by atoms with Crippen molar-refractivity contribution in [3.8, 4) is 5.75 Å². The first kappa shape index (κ1) is 24.2. The maximum absolute atomic E-state index is 13.2. The van der Waals surface area contributed by atoms with E-state index in [0.717, 1.165) is 10.9 Å². The van der Waals surface area contributed by atoms with Gasteiger partial charge in [0.1, 0.15) is 17.6 Å². The van der Waals surface area contributed by atoms with Crippen LogP contribution in [-0.2, 0) is 16.1 Å². The zero-order chi connectivity index (χ0) is 22.3. The number of halogens is 3. The average molecular weight is 500 g/mol. The third-order valence-corrected chi connectivity index (χ3v) is 5.47. The van der Waals surface area contributed by atoms with Gasteiger partial charge in [0, 0.05) is 17.1 Å². The third kappa shape index (κ3) is 6.99. The van der Waals surface area contributed by atoms with Crippen LogP contribution in [0.15, 0.2) is 46.9 Å². The van der Waals surface area contributed by atoms with Gasteiger partial charge in [-0.1, -0.05) is 46.6 Å². The van der Waals surface area contributed by atoms with Crippen LogP contribution < -0.4 is 10.1 Å². The molecule has 0 aromatic heterocycles. The lowest BCUT2D eigenvalue weighted by Gasteiger charge is -2.29. The number of ether oxygens (including phenoxy) is 1. The Balaban J connectivity index is 2.16. The van der Waals surface area contributed by atoms with Gasteiger partial charge in [0.15, 0.2) is 6.61 Å². The summed E-state index contributed by atoms with van der Waals surface area (Å²) in [5, 5.41) is 3.25. The molecule has 0 saturated heterocycles. The Kier molecular flexibility index (Phi) is 9.11. The van der Waals surface area contributed by atoms with Crippen molar-refractivity contribution < 1.29 is 18.7 Å². The van der Waals surface area contributed by atoms with Crippen molar-refractivity contribution in [2.24, 2.45) is 0 Å². The summed E-state index contributed by atoms with van der Waals surface area (Å²) < 4.78 is 19.6. The van der Waals surface area contributed by atoms with Gasteiger partial charge in [-0.25, -0.2) is 4.39 Å². The molecule has 1 N–H and O–H groups in total. The Hall–Kier alpha value is -2.12. The molecule has 162 valence electrons. The van der Waals surface area contributed by atoms with Gasteiger partial charge < -0.3 is 15.0 Å². The van der Waals surface area contributed by atoms with Crippen LogP contribution in [0, 0.1) is 5.82 Å². The number of carbonyl (C=O) groups is 2. The summed E-state index contributed by atoms with van der Waals surface area (Å²) in [5.74, 6) is -0.648. The van der Waals surface area contributed by atoms with Crippen LogP contribution in [0.25, 0.3) is 0 Å². The van der Waals surface area contributed by atoms with Gasteiger partial charge in [-0.05, 0) is 56.2 Å². The highest BCUT2D eigenvalue weighted by atomic mass is 79.9. The van der Waals surface area contributed by atoms with E-state index in [1.165, 1.54) is 17.0 Å². The molecule has 2 aromatic rings. The molecule has 2 aromatic carbocycles. The molecule has 30 heavy (non-hydrogen) atoms. The van der Waals surface area contributed by atoms with Gasteiger partial charge >= 0.3 is 0 Å². The van der Waals surface area contributed by atoms with Crippen LogP contribution in [0.3, 0.4) is 0 Å². The second-order valence-electron chi connectivity index (χ2n) is 7.01. The highest BCUT2D eigenvalue weighted by Crippen LogP contribution is 2.27. The monoisotopic (exact) mass is 498 g/mol. The predicted molar refractivity (Wildman–Crippen MR) is 119 cm³/mol. The Bertz CT molecular complexity index is 879. The van der Waals surface area contributed by atoms with E-state index in [0.29, 0.717) is 16.3 Å². The molecule has 8 heteroatoms. The van der Waals surface area contributed by atoms with E-state index in [9.17, 15) is 14.0 Å². The zero-order valence-electron chi connectivity index (χ0n) is 17.1. The van der Waals surface area contributed by atoms with E-state index in [1.807, 2.05) is 13.8 Å². The fourth-order valence-electron chi connectivity index (χ4n) is 2.65. The Morgan fingerprint density at radius 3 is 2.47 bits per heavy atom. The largest absolute Gasteiger partial charge is 0.482 e. The van der Waals surface area contributed by atoms with E-state index < -0.39 is 6.04 Å². The van der Waals surface area contributed by atoms with Crippen LogP contribution in [0.2, 0.25) is 5.02 Å². The number of rotatable bonds is 9. The van der Waals surface area contributed by atoms with Crippen molar-refractivity contribution in [3.63, 3.8) is 0 Å². The molecule has 2 rings (SSSR count). The molecule has 2 atom stereocenters. The van der Waals surface area contributed by atoms with E-state index in [-0.39, 0.29) is 36.8 Å². The lowest BCUT2D eigenvalue weighted by Crippen LogP contribution is -2.50. The average Bonchev–Trinajstić information content (AvgIpc) is 2.71. The predicted octanol–water partition coefficient (Wildman–Crippen LogP) is 4.95. The molecule has 0 spiro atoms. The molecule has 0 fully saturated rings. The van der Waals surface area contributed by atoms with Crippen molar-refractivity contribution in [2.75, 3.05) is 6.61 Å². The standard InChI is InChI=1S/C22H25BrClFN2O3/c1-4-14(2)26-22(29)15(3)27(12-16-5-8-18(25)9-6-16)21(28)13-30-20-10-7-17(23)11-19(20)24/h5-11,14-15H,4,12-13H2,1-3H3,(H,26,29)/t14-,15-/m0/s1. The van der Waals surface area contributed by atoms with Crippen molar-refractivity contribution in [1.82, 2.24) is 10.2 Å². The lowest BCUT2D eigenvalue weighted by atomic mass is 10.1. The Labute approximate surface area is 189 Å². The summed E-state index contributed by atoms with van der Waals surface area (Å²) in [6.07, 6.45) is 0.773. The van der Waals surface area contributed by atoms with Gasteiger partial charge in [-0.3, -0.25) is 9.59 Å². The quantitative estimate of drug-likeness (QED) is 0.531. The van der Waals surface area contributed by atoms with Crippen LogP contribution in [-0.4, -0.2) is 35.4 Å². The first-order valence-corrected chi connectivity index (χ1v) is 10.8. The van der Waals surface area contributed by atoms with E-state index >= 15 is 0 Å². The minimum Gasteiger partial charge on any atom is -0.482 e. The fourth-order valence-corrected chi connectivity index (χ4v) is 3.38. The number of amides is 2. The molecule has 0 aliphatic heterocycles. The van der Waals surface area contributed by atoms with E-state index in [4.69, 9.17) is 16.3 Å². The van der Waals surface area contributed by atoms with Gasteiger partial charge in [0.05, 0.1) is 5.02 Å². The van der Waals surface area contributed by atoms with Gasteiger partial charge in [0.2, 0.25) is 5.91 Å². The SMILES string of the molecule is CC[C@H](C)NC(=O)[C@H](C)N(Cc1ccc(F)cc1)C(=O)COc1ccc(Br)cc1Cl. The number of carbonyl (C=O) groups excluding carboxylic acids is 2. The molecule has 0 heterocycles.